The van der Waals surface area contributed by atoms with E-state index in [9.17, 15) is 0 Å². The minimum Gasteiger partial charge on any atom is -0.497 e. The maximum atomic E-state index is 5.50. The molecular weight excluding hydrogens is 292 g/mol. The van der Waals surface area contributed by atoms with E-state index in [0.717, 1.165) is 48.9 Å². The monoisotopic (exact) mass is 316 g/mol. The standard InChI is InChI=1S/C18H24N2O3/c1-13(2)10-19-18(11-22-12-18)9-15-8-17(23-20-15)14-4-6-16(21-3)7-5-14/h4-8,13,19H,9-12H2,1-3H3. The third-order valence-corrected chi connectivity index (χ3v) is 4.10. The highest BCUT2D eigenvalue weighted by Gasteiger charge is 2.39. The fourth-order valence-corrected chi connectivity index (χ4v) is 2.67. The van der Waals surface area contributed by atoms with Crippen LogP contribution in [-0.4, -0.2) is 37.6 Å². The zero-order chi connectivity index (χ0) is 16.3. The largest absolute Gasteiger partial charge is 0.497 e. The van der Waals surface area contributed by atoms with Crippen LogP contribution in [-0.2, 0) is 11.2 Å². The summed E-state index contributed by atoms with van der Waals surface area (Å²) in [6.45, 7) is 6.84. The molecule has 1 aliphatic rings. The van der Waals surface area contributed by atoms with Crippen LogP contribution < -0.4 is 10.1 Å². The average Bonchev–Trinajstić information content (AvgIpc) is 2.98. The summed E-state index contributed by atoms with van der Waals surface area (Å²) in [6, 6.07) is 9.80. The van der Waals surface area contributed by atoms with Crippen LogP contribution in [0.1, 0.15) is 19.5 Å². The van der Waals surface area contributed by atoms with Gasteiger partial charge in [-0.25, -0.2) is 0 Å². The van der Waals surface area contributed by atoms with Crippen LogP contribution in [0.2, 0.25) is 0 Å². The van der Waals surface area contributed by atoms with Crippen molar-refractivity contribution < 1.29 is 14.0 Å². The number of aromatic nitrogens is 1. The second-order valence-electron chi connectivity index (χ2n) is 6.64. The predicted octanol–water partition coefficient (Wildman–Crippen LogP) is 2.91. The van der Waals surface area contributed by atoms with Gasteiger partial charge in [-0.3, -0.25) is 0 Å². The Labute approximate surface area is 137 Å². The molecule has 0 atom stereocenters. The van der Waals surface area contributed by atoms with Crippen LogP contribution in [0.4, 0.5) is 0 Å². The van der Waals surface area contributed by atoms with Crippen molar-refractivity contribution in [2.75, 3.05) is 26.9 Å². The molecule has 5 heteroatoms. The molecule has 2 heterocycles. The molecule has 23 heavy (non-hydrogen) atoms. The molecule has 1 N–H and O–H groups in total. The molecule has 3 rings (SSSR count). The summed E-state index contributed by atoms with van der Waals surface area (Å²) in [5, 5.41) is 7.85. The quantitative estimate of drug-likeness (QED) is 0.851. The lowest BCUT2D eigenvalue weighted by atomic mass is 9.90. The highest BCUT2D eigenvalue weighted by molar-refractivity contribution is 5.58. The molecule has 0 radical (unpaired) electrons. The van der Waals surface area contributed by atoms with Gasteiger partial charge in [0.1, 0.15) is 5.75 Å². The number of ether oxygens (including phenoxy) is 2. The van der Waals surface area contributed by atoms with Crippen LogP contribution in [0, 0.1) is 5.92 Å². The second-order valence-corrected chi connectivity index (χ2v) is 6.64. The first kappa shape index (κ1) is 16.0. The van der Waals surface area contributed by atoms with E-state index in [1.54, 1.807) is 7.11 Å². The van der Waals surface area contributed by atoms with Crippen LogP contribution >= 0.6 is 0 Å². The number of rotatable bonds is 7. The maximum absolute atomic E-state index is 5.50. The summed E-state index contributed by atoms with van der Waals surface area (Å²) in [4.78, 5) is 0. The molecule has 1 aromatic heterocycles. The maximum Gasteiger partial charge on any atom is 0.167 e. The molecule has 0 spiro atoms. The van der Waals surface area contributed by atoms with Crippen molar-refractivity contribution in [3.05, 3.63) is 36.0 Å². The van der Waals surface area contributed by atoms with Crippen molar-refractivity contribution in [3.63, 3.8) is 0 Å². The van der Waals surface area contributed by atoms with Crippen molar-refractivity contribution in [3.8, 4) is 17.1 Å². The molecule has 1 aromatic carbocycles. The Morgan fingerprint density at radius 3 is 2.57 bits per heavy atom. The Morgan fingerprint density at radius 2 is 2.00 bits per heavy atom. The van der Waals surface area contributed by atoms with Gasteiger partial charge in [0.25, 0.3) is 0 Å². The van der Waals surface area contributed by atoms with E-state index >= 15 is 0 Å². The van der Waals surface area contributed by atoms with Gasteiger partial charge in [-0.1, -0.05) is 19.0 Å². The van der Waals surface area contributed by atoms with Crippen molar-refractivity contribution in [2.24, 2.45) is 5.92 Å². The lowest BCUT2D eigenvalue weighted by Crippen LogP contribution is -2.62. The van der Waals surface area contributed by atoms with E-state index in [0.29, 0.717) is 5.92 Å². The molecule has 0 unspecified atom stereocenters. The van der Waals surface area contributed by atoms with Gasteiger partial charge in [-0.15, -0.1) is 0 Å². The van der Waals surface area contributed by atoms with Gasteiger partial charge in [-0.2, -0.15) is 0 Å². The molecular formula is C18H24N2O3. The summed E-state index contributed by atoms with van der Waals surface area (Å²) in [5.41, 5.74) is 1.95. The first-order valence-electron chi connectivity index (χ1n) is 8.03. The molecule has 0 bridgehead atoms. The SMILES string of the molecule is COc1ccc(-c2cc(CC3(NCC(C)C)COC3)no2)cc1. The van der Waals surface area contributed by atoms with Gasteiger partial charge in [0.15, 0.2) is 5.76 Å². The molecule has 2 aromatic rings. The molecule has 5 nitrogen and oxygen atoms in total. The third kappa shape index (κ3) is 3.74. The van der Waals surface area contributed by atoms with E-state index in [-0.39, 0.29) is 5.54 Å². The molecule has 0 aliphatic carbocycles. The Bertz CT molecular complexity index is 630. The average molecular weight is 316 g/mol. The van der Waals surface area contributed by atoms with E-state index in [1.165, 1.54) is 0 Å². The topological polar surface area (TPSA) is 56.5 Å². The van der Waals surface area contributed by atoms with Crippen molar-refractivity contribution in [2.45, 2.75) is 25.8 Å². The highest BCUT2D eigenvalue weighted by atomic mass is 16.5. The number of hydrogen-bond acceptors (Lipinski definition) is 5. The summed E-state index contributed by atoms with van der Waals surface area (Å²) < 4.78 is 16.1. The smallest absolute Gasteiger partial charge is 0.167 e. The van der Waals surface area contributed by atoms with E-state index < -0.39 is 0 Å². The Kier molecular flexibility index (Phi) is 4.68. The summed E-state index contributed by atoms with van der Waals surface area (Å²) in [7, 11) is 1.66. The highest BCUT2D eigenvalue weighted by Crippen LogP contribution is 2.27. The summed E-state index contributed by atoms with van der Waals surface area (Å²) in [5.74, 6) is 2.22. The number of hydrogen-bond donors (Lipinski definition) is 1. The Balaban J connectivity index is 1.68. The summed E-state index contributed by atoms with van der Waals surface area (Å²) in [6.07, 6.45) is 0.819. The van der Waals surface area contributed by atoms with Gasteiger partial charge in [0.05, 0.1) is 31.6 Å². The Hall–Kier alpha value is -1.85. The van der Waals surface area contributed by atoms with Crippen LogP contribution in [0.25, 0.3) is 11.3 Å². The van der Waals surface area contributed by atoms with E-state index in [2.05, 4.69) is 24.3 Å². The number of benzene rings is 1. The molecule has 1 fully saturated rings. The molecule has 124 valence electrons. The van der Waals surface area contributed by atoms with E-state index in [4.69, 9.17) is 14.0 Å². The minimum atomic E-state index is -0.00167. The van der Waals surface area contributed by atoms with Gasteiger partial charge in [0, 0.05) is 18.1 Å². The molecule has 0 amide bonds. The fraction of sp³-hybridized carbons (Fsp3) is 0.500. The third-order valence-electron chi connectivity index (χ3n) is 4.10. The number of nitrogens with one attached hydrogen (secondary N) is 1. The van der Waals surface area contributed by atoms with Gasteiger partial charge in [-0.05, 0) is 36.7 Å². The zero-order valence-corrected chi connectivity index (χ0v) is 14.0. The first-order valence-corrected chi connectivity index (χ1v) is 8.03. The second kappa shape index (κ2) is 6.72. The molecule has 0 saturated carbocycles. The number of nitrogens with zero attached hydrogens (tertiary/aromatic N) is 1. The normalized spacial score (nSPS) is 16.3. The van der Waals surface area contributed by atoms with Gasteiger partial charge in [0.2, 0.25) is 0 Å². The predicted molar refractivity (Wildman–Crippen MR) is 88.6 cm³/mol. The first-order chi connectivity index (χ1) is 11.1. The molecule has 1 aliphatic heterocycles. The van der Waals surface area contributed by atoms with Crippen LogP contribution in [0.3, 0.4) is 0 Å². The van der Waals surface area contributed by atoms with E-state index in [1.807, 2.05) is 30.3 Å². The summed E-state index contributed by atoms with van der Waals surface area (Å²) >= 11 is 0. The fourth-order valence-electron chi connectivity index (χ4n) is 2.67. The van der Waals surface area contributed by atoms with Crippen molar-refractivity contribution in [1.29, 1.82) is 0 Å². The zero-order valence-electron chi connectivity index (χ0n) is 14.0. The van der Waals surface area contributed by atoms with Crippen molar-refractivity contribution >= 4 is 0 Å². The minimum absolute atomic E-state index is 0.00167. The lowest BCUT2D eigenvalue weighted by Gasteiger charge is -2.42. The molecule has 1 saturated heterocycles. The van der Waals surface area contributed by atoms with Crippen LogP contribution in [0.15, 0.2) is 34.9 Å². The Morgan fingerprint density at radius 1 is 1.26 bits per heavy atom. The van der Waals surface area contributed by atoms with Crippen molar-refractivity contribution in [1.82, 2.24) is 10.5 Å². The van der Waals surface area contributed by atoms with Crippen LogP contribution in [0.5, 0.6) is 5.75 Å². The van der Waals surface area contributed by atoms with Gasteiger partial charge >= 0.3 is 0 Å². The lowest BCUT2D eigenvalue weighted by molar-refractivity contribution is -0.0755. The van der Waals surface area contributed by atoms with Gasteiger partial charge < -0.3 is 19.3 Å². The number of methoxy groups -OCH3 is 1.